The third kappa shape index (κ3) is 7.87. The summed E-state index contributed by atoms with van der Waals surface area (Å²) in [6.07, 6.45) is 8.20. The molecule has 1 N–H and O–H groups in total. The van der Waals surface area contributed by atoms with Crippen molar-refractivity contribution in [1.82, 2.24) is 5.32 Å². The zero-order valence-electron chi connectivity index (χ0n) is 16.2. The predicted molar refractivity (Wildman–Crippen MR) is 104 cm³/mol. The SMILES string of the molecule is CCc1ccc(COCC(F)CCCCC2CCCCNC2)c(C)c1. The third-order valence-electron chi connectivity index (χ3n) is 5.40. The molecule has 0 bridgehead atoms. The Balaban J connectivity index is 1.55. The molecule has 1 fully saturated rings. The van der Waals surface area contributed by atoms with Crippen LogP contribution < -0.4 is 5.32 Å². The van der Waals surface area contributed by atoms with Gasteiger partial charge in [0, 0.05) is 0 Å². The lowest BCUT2D eigenvalue weighted by Crippen LogP contribution is -2.20. The van der Waals surface area contributed by atoms with E-state index in [9.17, 15) is 4.39 Å². The first kappa shape index (κ1) is 20.4. The number of unbranched alkanes of at least 4 members (excludes halogenated alkanes) is 1. The highest BCUT2D eigenvalue weighted by Crippen LogP contribution is 2.19. The number of benzene rings is 1. The number of rotatable bonds is 10. The molecule has 1 aromatic rings. The molecule has 1 heterocycles. The normalized spacial score (nSPS) is 19.6. The second kappa shape index (κ2) is 11.6. The Morgan fingerprint density at radius 3 is 2.96 bits per heavy atom. The van der Waals surface area contributed by atoms with Crippen LogP contribution in [0.3, 0.4) is 0 Å². The highest BCUT2D eigenvalue weighted by Gasteiger charge is 2.12. The smallest absolute Gasteiger partial charge is 0.123 e. The number of ether oxygens (including phenoxy) is 1. The fourth-order valence-corrected chi connectivity index (χ4v) is 3.66. The lowest BCUT2D eigenvalue weighted by molar-refractivity contribution is 0.0650. The average Bonchev–Trinajstić information content (AvgIpc) is 2.89. The van der Waals surface area contributed by atoms with Crippen molar-refractivity contribution in [2.75, 3.05) is 19.7 Å². The maximum Gasteiger partial charge on any atom is 0.123 e. The Morgan fingerprint density at radius 1 is 1.28 bits per heavy atom. The molecular weight excluding hydrogens is 313 g/mol. The Hall–Kier alpha value is -0.930. The summed E-state index contributed by atoms with van der Waals surface area (Å²) in [5.41, 5.74) is 3.76. The molecule has 2 rings (SSSR count). The van der Waals surface area contributed by atoms with E-state index in [1.807, 2.05) is 0 Å². The van der Waals surface area contributed by atoms with Gasteiger partial charge in [-0.2, -0.15) is 0 Å². The van der Waals surface area contributed by atoms with E-state index in [4.69, 9.17) is 4.74 Å². The van der Waals surface area contributed by atoms with Crippen LogP contribution in [0, 0.1) is 12.8 Å². The number of halogens is 1. The van der Waals surface area contributed by atoms with Crippen LogP contribution in [0.4, 0.5) is 4.39 Å². The summed E-state index contributed by atoms with van der Waals surface area (Å²) in [5.74, 6) is 0.797. The molecule has 2 atom stereocenters. The largest absolute Gasteiger partial charge is 0.374 e. The average molecular weight is 350 g/mol. The number of alkyl halides is 1. The zero-order valence-corrected chi connectivity index (χ0v) is 16.2. The van der Waals surface area contributed by atoms with Crippen molar-refractivity contribution in [3.05, 3.63) is 34.9 Å². The third-order valence-corrected chi connectivity index (χ3v) is 5.40. The first-order valence-electron chi connectivity index (χ1n) is 10.2. The van der Waals surface area contributed by atoms with Crippen LogP contribution in [0.1, 0.15) is 68.6 Å². The van der Waals surface area contributed by atoms with E-state index in [1.165, 1.54) is 48.9 Å². The van der Waals surface area contributed by atoms with E-state index in [0.717, 1.165) is 31.7 Å². The number of hydrogen-bond donors (Lipinski definition) is 1. The van der Waals surface area contributed by atoms with E-state index < -0.39 is 6.17 Å². The van der Waals surface area contributed by atoms with Crippen molar-refractivity contribution in [1.29, 1.82) is 0 Å². The van der Waals surface area contributed by atoms with E-state index in [2.05, 4.69) is 37.4 Å². The molecule has 0 saturated carbocycles. The van der Waals surface area contributed by atoms with Gasteiger partial charge in [-0.25, -0.2) is 4.39 Å². The molecule has 0 spiro atoms. The highest BCUT2D eigenvalue weighted by atomic mass is 19.1. The summed E-state index contributed by atoms with van der Waals surface area (Å²) >= 11 is 0. The Labute approximate surface area is 153 Å². The molecular formula is C22H36FNO. The second-order valence-electron chi connectivity index (χ2n) is 7.58. The molecule has 0 amide bonds. The molecule has 1 aliphatic rings. The molecule has 1 aromatic carbocycles. The summed E-state index contributed by atoms with van der Waals surface area (Å²) in [6, 6.07) is 6.46. The van der Waals surface area contributed by atoms with Gasteiger partial charge in [0.15, 0.2) is 0 Å². The fourth-order valence-electron chi connectivity index (χ4n) is 3.66. The molecule has 1 aliphatic heterocycles. The summed E-state index contributed by atoms with van der Waals surface area (Å²) < 4.78 is 19.6. The minimum absolute atomic E-state index is 0.222. The van der Waals surface area contributed by atoms with Crippen LogP contribution in [0.5, 0.6) is 0 Å². The number of aryl methyl sites for hydroxylation is 2. The van der Waals surface area contributed by atoms with Gasteiger partial charge in [0.1, 0.15) is 6.17 Å². The van der Waals surface area contributed by atoms with E-state index in [0.29, 0.717) is 13.0 Å². The Kier molecular flexibility index (Phi) is 9.49. The van der Waals surface area contributed by atoms with Gasteiger partial charge < -0.3 is 10.1 Å². The van der Waals surface area contributed by atoms with Crippen LogP contribution >= 0.6 is 0 Å². The van der Waals surface area contributed by atoms with E-state index >= 15 is 0 Å². The van der Waals surface area contributed by atoms with Crippen molar-refractivity contribution >= 4 is 0 Å². The molecule has 0 aromatic heterocycles. The Morgan fingerprint density at radius 2 is 2.16 bits per heavy atom. The van der Waals surface area contributed by atoms with Crippen molar-refractivity contribution in [3.8, 4) is 0 Å². The van der Waals surface area contributed by atoms with Gasteiger partial charge in [-0.15, -0.1) is 0 Å². The Bertz CT molecular complexity index is 483. The van der Waals surface area contributed by atoms with Crippen LogP contribution in [0.2, 0.25) is 0 Å². The monoisotopic (exact) mass is 349 g/mol. The first-order valence-corrected chi connectivity index (χ1v) is 10.2. The van der Waals surface area contributed by atoms with Gasteiger partial charge in [-0.05, 0) is 74.7 Å². The van der Waals surface area contributed by atoms with Gasteiger partial charge in [-0.1, -0.05) is 44.4 Å². The van der Waals surface area contributed by atoms with Gasteiger partial charge in [0.05, 0.1) is 13.2 Å². The minimum atomic E-state index is -0.831. The summed E-state index contributed by atoms with van der Waals surface area (Å²) in [6.45, 7) is 7.32. The highest BCUT2D eigenvalue weighted by molar-refractivity contribution is 5.30. The minimum Gasteiger partial charge on any atom is -0.374 e. The van der Waals surface area contributed by atoms with Gasteiger partial charge in [-0.3, -0.25) is 0 Å². The van der Waals surface area contributed by atoms with Gasteiger partial charge >= 0.3 is 0 Å². The quantitative estimate of drug-likeness (QED) is 0.574. The zero-order chi connectivity index (χ0) is 17.9. The topological polar surface area (TPSA) is 21.3 Å². The molecule has 2 nitrogen and oxygen atoms in total. The van der Waals surface area contributed by atoms with E-state index in [1.54, 1.807) is 0 Å². The van der Waals surface area contributed by atoms with Crippen molar-refractivity contribution in [3.63, 3.8) is 0 Å². The maximum absolute atomic E-state index is 14.0. The second-order valence-corrected chi connectivity index (χ2v) is 7.58. The van der Waals surface area contributed by atoms with Crippen LogP contribution in [0.25, 0.3) is 0 Å². The summed E-state index contributed by atoms with van der Waals surface area (Å²) in [4.78, 5) is 0. The molecule has 0 radical (unpaired) electrons. The number of nitrogens with one attached hydrogen (secondary N) is 1. The molecule has 0 aliphatic carbocycles. The molecule has 2 unspecified atom stereocenters. The van der Waals surface area contributed by atoms with Crippen LogP contribution in [0.15, 0.2) is 18.2 Å². The molecule has 142 valence electrons. The maximum atomic E-state index is 14.0. The van der Waals surface area contributed by atoms with Gasteiger partial charge in [0.25, 0.3) is 0 Å². The standard InChI is InChI=1S/C22H36FNO/c1-3-19-11-12-21(18(2)14-19)16-25-17-22(23)10-5-4-8-20-9-6-7-13-24-15-20/h11-12,14,20,22,24H,3-10,13,15-17H2,1-2H3. The summed E-state index contributed by atoms with van der Waals surface area (Å²) in [7, 11) is 0. The van der Waals surface area contributed by atoms with Crippen molar-refractivity contribution in [2.24, 2.45) is 5.92 Å². The molecule has 1 saturated heterocycles. The first-order chi connectivity index (χ1) is 12.2. The van der Waals surface area contributed by atoms with Gasteiger partial charge in [0.2, 0.25) is 0 Å². The number of hydrogen-bond acceptors (Lipinski definition) is 2. The van der Waals surface area contributed by atoms with Crippen molar-refractivity contribution < 1.29 is 9.13 Å². The predicted octanol–water partition coefficient (Wildman–Crippen LogP) is 5.36. The molecule has 25 heavy (non-hydrogen) atoms. The lowest BCUT2D eigenvalue weighted by atomic mass is 9.96. The fraction of sp³-hybridized carbons (Fsp3) is 0.727. The van der Waals surface area contributed by atoms with Crippen molar-refractivity contribution in [2.45, 2.75) is 78.0 Å². The molecule has 3 heteroatoms. The summed E-state index contributed by atoms with van der Waals surface area (Å²) in [5, 5.41) is 3.51. The lowest BCUT2D eigenvalue weighted by Gasteiger charge is -2.14. The van der Waals surface area contributed by atoms with Crippen LogP contribution in [-0.4, -0.2) is 25.9 Å². The van der Waals surface area contributed by atoms with Crippen LogP contribution in [-0.2, 0) is 17.8 Å². The van der Waals surface area contributed by atoms with E-state index in [-0.39, 0.29) is 6.61 Å².